The van der Waals surface area contributed by atoms with Crippen LogP contribution in [0.1, 0.15) is 6.92 Å². The van der Waals surface area contributed by atoms with Crippen LogP contribution < -0.4 is 0 Å². The van der Waals surface area contributed by atoms with Crippen LogP contribution in [0.15, 0.2) is 24.3 Å². The molecule has 0 aromatic carbocycles. The number of ketones is 1. The van der Waals surface area contributed by atoms with Crippen molar-refractivity contribution in [1.82, 2.24) is 0 Å². The predicted octanol–water partition coefficient (Wildman–Crippen LogP) is 1.73. The van der Waals surface area contributed by atoms with Crippen LogP contribution in [0.2, 0.25) is 0 Å². The standard InChI is InChI=1S/C9H10BrNO3/c1-7-4-2-3-5-9(7,11(13)14)8(12)6-10/h2-5,7H,6H2,1H3. The number of alkyl halides is 1. The summed E-state index contributed by atoms with van der Waals surface area (Å²) in [6, 6.07) is 0. The molecule has 0 saturated carbocycles. The van der Waals surface area contributed by atoms with Gasteiger partial charge >= 0.3 is 5.54 Å². The summed E-state index contributed by atoms with van der Waals surface area (Å²) in [7, 11) is 0. The molecule has 0 heterocycles. The topological polar surface area (TPSA) is 60.2 Å². The Morgan fingerprint density at radius 3 is 2.71 bits per heavy atom. The lowest BCUT2D eigenvalue weighted by atomic mass is 9.79. The number of allylic oxidation sites excluding steroid dienone is 2. The summed E-state index contributed by atoms with van der Waals surface area (Å²) in [5, 5.41) is 11.0. The van der Waals surface area contributed by atoms with E-state index in [1.54, 1.807) is 25.2 Å². The Morgan fingerprint density at radius 1 is 1.64 bits per heavy atom. The van der Waals surface area contributed by atoms with Crippen LogP contribution in [0.25, 0.3) is 0 Å². The van der Waals surface area contributed by atoms with Gasteiger partial charge in [0.05, 0.1) is 11.2 Å². The lowest BCUT2D eigenvalue weighted by Crippen LogP contribution is -2.50. The second-order valence-corrected chi connectivity index (χ2v) is 3.73. The second-order valence-electron chi connectivity index (χ2n) is 3.17. The first-order valence-corrected chi connectivity index (χ1v) is 5.27. The number of Topliss-reactive ketones (excluding diaryl/α,β-unsaturated/α-hetero) is 1. The number of hydrogen-bond acceptors (Lipinski definition) is 3. The van der Waals surface area contributed by atoms with E-state index in [0.717, 1.165) is 0 Å². The third-order valence-electron chi connectivity index (χ3n) is 2.43. The molecule has 0 bridgehead atoms. The zero-order valence-corrected chi connectivity index (χ0v) is 9.23. The van der Waals surface area contributed by atoms with Gasteiger partial charge in [-0.15, -0.1) is 0 Å². The Kier molecular flexibility index (Phi) is 3.21. The summed E-state index contributed by atoms with van der Waals surface area (Å²) in [6.07, 6.45) is 6.29. The highest BCUT2D eigenvalue weighted by atomic mass is 79.9. The predicted molar refractivity (Wildman–Crippen MR) is 56.0 cm³/mol. The van der Waals surface area contributed by atoms with Crippen molar-refractivity contribution in [2.24, 2.45) is 5.92 Å². The van der Waals surface area contributed by atoms with E-state index in [1.807, 2.05) is 0 Å². The van der Waals surface area contributed by atoms with Crippen LogP contribution in [0.5, 0.6) is 0 Å². The number of carbonyl (C=O) groups excluding carboxylic acids is 1. The molecule has 0 N–H and O–H groups in total. The first kappa shape index (κ1) is 11.1. The van der Waals surface area contributed by atoms with E-state index in [0.29, 0.717) is 0 Å². The molecule has 14 heavy (non-hydrogen) atoms. The Balaban J connectivity index is 3.17. The van der Waals surface area contributed by atoms with Gasteiger partial charge in [-0.25, -0.2) is 0 Å². The van der Waals surface area contributed by atoms with Crippen LogP contribution in [-0.4, -0.2) is 21.6 Å². The van der Waals surface area contributed by atoms with Gasteiger partial charge < -0.3 is 0 Å². The minimum absolute atomic E-state index is 0.00347. The fourth-order valence-electron chi connectivity index (χ4n) is 1.51. The van der Waals surface area contributed by atoms with Gasteiger partial charge in [-0.05, 0) is 0 Å². The maximum atomic E-state index is 11.6. The number of halogens is 1. The average molecular weight is 260 g/mol. The molecule has 2 unspecified atom stereocenters. The van der Waals surface area contributed by atoms with Crippen LogP contribution in [0.3, 0.4) is 0 Å². The fourth-order valence-corrected chi connectivity index (χ4v) is 1.96. The third-order valence-corrected chi connectivity index (χ3v) is 2.93. The van der Waals surface area contributed by atoms with E-state index < -0.39 is 22.2 Å². The molecule has 0 spiro atoms. The normalized spacial score (nSPS) is 30.3. The van der Waals surface area contributed by atoms with Crippen molar-refractivity contribution in [2.75, 3.05) is 5.33 Å². The summed E-state index contributed by atoms with van der Waals surface area (Å²) in [5.41, 5.74) is -1.59. The summed E-state index contributed by atoms with van der Waals surface area (Å²) in [6.45, 7) is 1.67. The monoisotopic (exact) mass is 259 g/mol. The van der Waals surface area contributed by atoms with Crippen molar-refractivity contribution in [3.05, 3.63) is 34.4 Å². The number of carbonyl (C=O) groups is 1. The molecule has 0 aliphatic heterocycles. The molecule has 1 rings (SSSR count). The lowest BCUT2D eigenvalue weighted by Gasteiger charge is -2.25. The molecule has 0 radical (unpaired) electrons. The quantitative estimate of drug-likeness (QED) is 0.441. The van der Waals surface area contributed by atoms with Crippen LogP contribution in [0, 0.1) is 16.0 Å². The molecule has 76 valence electrons. The molecule has 5 heteroatoms. The maximum Gasteiger partial charge on any atom is 0.304 e. The van der Waals surface area contributed by atoms with Gasteiger partial charge in [0.1, 0.15) is 0 Å². The minimum atomic E-state index is -1.59. The molecule has 0 aromatic heterocycles. The number of hydrogen-bond donors (Lipinski definition) is 0. The highest BCUT2D eigenvalue weighted by molar-refractivity contribution is 9.09. The highest BCUT2D eigenvalue weighted by Gasteiger charge is 2.52. The highest BCUT2D eigenvalue weighted by Crippen LogP contribution is 2.29. The number of nitrogens with zero attached hydrogens (tertiary/aromatic N) is 1. The van der Waals surface area contributed by atoms with E-state index in [1.165, 1.54) is 6.08 Å². The zero-order chi connectivity index (χ0) is 10.8. The largest absolute Gasteiger partial charge is 0.304 e. The van der Waals surface area contributed by atoms with Gasteiger partial charge in [0.2, 0.25) is 5.78 Å². The van der Waals surface area contributed by atoms with Crippen molar-refractivity contribution in [3.63, 3.8) is 0 Å². The fraction of sp³-hybridized carbons (Fsp3) is 0.444. The lowest BCUT2D eigenvalue weighted by molar-refractivity contribution is -0.544. The SMILES string of the molecule is CC1C=CC=CC1(C(=O)CBr)[N+](=O)[O-]. The van der Waals surface area contributed by atoms with Gasteiger partial charge in [-0.3, -0.25) is 14.9 Å². The molecule has 1 aliphatic rings. The molecule has 0 aromatic rings. The third kappa shape index (κ3) is 1.52. The molecule has 1 aliphatic carbocycles. The Morgan fingerprint density at radius 2 is 2.29 bits per heavy atom. The summed E-state index contributed by atoms with van der Waals surface area (Å²) >= 11 is 2.97. The van der Waals surface area contributed by atoms with Gasteiger partial charge in [0.25, 0.3) is 0 Å². The second kappa shape index (κ2) is 4.04. The number of rotatable bonds is 3. The van der Waals surface area contributed by atoms with Crippen LogP contribution in [-0.2, 0) is 4.79 Å². The molecule has 0 fully saturated rings. The van der Waals surface area contributed by atoms with Crippen LogP contribution in [0.4, 0.5) is 0 Å². The van der Waals surface area contributed by atoms with Crippen molar-refractivity contribution >= 4 is 21.7 Å². The van der Waals surface area contributed by atoms with Crippen molar-refractivity contribution in [1.29, 1.82) is 0 Å². The first-order chi connectivity index (χ1) is 6.55. The van der Waals surface area contributed by atoms with Crippen molar-refractivity contribution < 1.29 is 9.72 Å². The molecule has 0 saturated heterocycles. The Labute approximate surface area is 90.0 Å². The molecule has 4 nitrogen and oxygen atoms in total. The Bertz CT molecular complexity index is 324. The van der Waals surface area contributed by atoms with E-state index in [4.69, 9.17) is 0 Å². The summed E-state index contributed by atoms with van der Waals surface area (Å²) < 4.78 is 0. The molecular weight excluding hydrogens is 250 g/mol. The van der Waals surface area contributed by atoms with E-state index in [9.17, 15) is 14.9 Å². The first-order valence-electron chi connectivity index (χ1n) is 4.15. The van der Waals surface area contributed by atoms with E-state index >= 15 is 0 Å². The van der Waals surface area contributed by atoms with Gasteiger partial charge in [0.15, 0.2) is 0 Å². The van der Waals surface area contributed by atoms with Gasteiger partial charge in [-0.1, -0.05) is 41.1 Å². The minimum Gasteiger partial charge on any atom is -0.290 e. The number of nitro groups is 1. The maximum absolute atomic E-state index is 11.6. The summed E-state index contributed by atoms with van der Waals surface area (Å²) in [5.74, 6) is -0.830. The Hall–Kier alpha value is -0.970. The van der Waals surface area contributed by atoms with Crippen molar-refractivity contribution in [2.45, 2.75) is 12.5 Å². The summed E-state index contributed by atoms with van der Waals surface area (Å²) in [4.78, 5) is 22.0. The van der Waals surface area contributed by atoms with Gasteiger partial charge in [-0.2, -0.15) is 0 Å². The molecular formula is C9H10BrNO3. The zero-order valence-electron chi connectivity index (χ0n) is 7.64. The van der Waals surface area contributed by atoms with Crippen LogP contribution >= 0.6 is 15.9 Å². The van der Waals surface area contributed by atoms with E-state index in [-0.39, 0.29) is 5.33 Å². The molecule has 2 atom stereocenters. The van der Waals surface area contributed by atoms with Gasteiger partial charge in [0, 0.05) is 11.0 Å². The molecule has 0 amide bonds. The van der Waals surface area contributed by atoms with Crippen molar-refractivity contribution in [3.8, 4) is 0 Å². The van der Waals surface area contributed by atoms with E-state index in [2.05, 4.69) is 15.9 Å². The average Bonchev–Trinajstić information content (AvgIpc) is 2.17. The smallest absolute Gasteiger partial charge is 0.290 e.